The summed E-state index contributed by atoms with van der Waals surface area (Å²) in [4.78, 5) is 14.1. The lowest BCUT2D eigenvalue weighted by atomic mass is 10.1. The molecule has 0 radical (unpaired) electrons. The highest BCUT2D eigenvalue weighted by Crippen LogP contribution is 2.25. The molecule has 0 spiro atoms. The van der Waals surface area contributed by atoms with Crippen molar-refractivity contribution in [2.45, 2.75) is 25.8 Å². The number of anilines is 2. The third-order valence-electron chi connectivity index (χ3n) is 3.60. The first-order chi connectivity index (χ1) is 9.61. The summed E-state index contributed by atoms with van der Waals surface area (Å²) >= 11 is 0. The molecule has 0 saturated heterocycles. The number of hydrogen-bond acceptors (Lipinski definition) is 4. The van der Waals surface area contributed by atoms with Gasteiger partial charge in [0, 0.05) is 31.2 Å². The minimum absolute atomic E-state index is 0.0841. The van der Waals surface area contributed by atoms with E-state index in [1.807, 2.05) is 13.0 Å². The average Bonchev–Trinajstić information content (AvgIpc) is 3.25. The highest BCUT2D eigenvalue weighted by Gasteiger charge is 2.25. The van der Waals surface area contributed by atoms with Gasteiger partial charge in [-0.3, -0.25) is 4.79 Å². The topological polar surface area (TPSA) is 70.4 Å². The molecule has 0 heterocycles. The van der Waals surface area contributed by atoms with E-state index in [1.54, 1.807) is 12.1 Å². The van der Waals surface area contributed by atoms with E-state index in [2.05, 4.69) is 22.6 Å². The van der Waals surface area contributed by atoms with Crippen molar-refractivity contribution in [1.29, 1.82) is 0 Å². The normalized spacial score (nSPS) is 14.3. The predicted molar refractivity (Wildman–Crippen MR) is 83.0 cm³/mol. The Balaban J connectivity index is 1.86. The summed E-state index contributed by atoms with van der Waals surface area (Å²) in [6, 6.07) is 6.16. The molecule has 4 N–H and O–H groups in total. The second-order valence-electron chi connectivity index (χ2n) is 5.30. The van der Waals surface area contributed by atoms with Gasteiger partial charge in [0.15, 0.2) is 0 Å². The average molecular weight is 276 g/mol. The first-order valence-electron chi connectivity index (χ1n) is 7.23. The molecule has 110 valence electrons. The highest BCUT2D eigenvalue weighted by atomic mass is 16.1. The molecule has 0 unspecified atom stereocenters. The van der Waals surface area contributed by atoms with Crippen LogP contribution in [0.2, 0.25) is 0 Å². The first kappa shape index (κ1) is 14.7. The van der Waals surface area contributed by atoms with Gasteiger partial charge in [-0.15, -0.1) is 0 Å². The molecule has 0 bridgehead atoms. The monoisotopic (exact) mass is 276 g/mol. The Bertz CT molecular complexity index is 471. The standard InChI is InChI=1S/C15H24N4O/c1-3-17-15(20)11-4-7-14(13(16)10-11)18-8-9-19(2)12-5-6-12/h4,7,10,12,18H,3,5-6,8-9,16H2,1-2H3,(H,17,20). The Hall–Kier alpha value is -1.75. The molecule has 1 aromatic rings. The van der Waals surface area contributed by atoms with Gasteiger partial charge in [0.25, 0.3) is 5.91 Å². The number of rotatable bonds is 7. The Labute approximate surface area is 120 Å². The molecular weight excluding hydrogens is 252 g/mol. The van der Waals surface area contributed by atoms with E-state index in [0.29, 0.717) is 17.8 Å². The van der Waals surface area contributed by atoms with Gasteiger partial charge in [-0.1, -0.05) is 0 Å². The maximum Gasteiger partial charge on any atom is 0.251 e. The molecule has 1 fully saturated rings. The number of nitrogens with zero attached hydrogens (tertiary/aromatic N) is 1. The van der Waals surface area contributed by atoms with E-state index in [0.717, 1.165) is 24.8 Å². The van der Waals surface area contributed by atoms with Crippen molar-refractivity contribution in [3.05, 3.63) is 23.8 Å². The van der Waals surface area contributed by atoms with Crippen molar-refractivity contribution in [2.24, 2.45) is 0 Å². The lowest BCUT2D eigenvalue weighted by Gasteiger charge is -2.17. The minimum Gasteiger partial charge on any atom is -0.397 e. The zero-order valence-corrected chi connectivity index (χ0v) is 12.3. The second kappa shape index (κ2) is 6.61. The van der Waals surface area contributed by atoms with Crippen molar-refractivity contribution in [3.63, 3.8) is 0 Å². The predicted octanol–water partition coefficient (Wildman–Crippen LogP) is 1.52. The van der Waals surface area contributed by atoms with Crippen molar-refractivity contribution in [2.75, 3.05) is 37.7 Å². The molecule has 20 heavy (non-hydrogen) atoms. The summed E-state index contributed by atoms with van der Waals surface area (Å²) in [5.74, 6) is -0.0841. The molecule has 1 aliphatic rings. The van der Waals surface area contributed by atoms with E-state index in [1.165, 1.54) is 12.8 Å². The number of benzene rings is 1. The molecule has 0 atom stereocenters. The van der Waals surface area contributed by atoms with Gasteiger partial charge in [-0.2, -0.15) is 0 Å². The Morgan fingerprint density at radius 3 is 2.80 bits per heavy atom. The number of carbonyl (C=O) groups is 1. The van der Waals surface area contributed by atoms with Crippen LogP contribution < -0.4 is 16.4 Å². The fraction of sp³-hybridized carbons (Fsp3) is 0.533. The van der Waals surface area contributed by atoms with Gasteiger partial charge in [0.05, 0.1) is 11.4 Å². The van der Waals surface area contributed by atoms with Gasteiger partial charge in [-0.25, -0.2) is 0 Å². The number of nitrogens with one attached hydrogen (secondary N) is 2. The highest BCUT2D eigenvalue weighted by molar-refractivity contribution is 5.96. The van der Waals surface area contributed by atoms with Gasteiger partial charge in [0.2, 0.25) is 0 Å². The summed E-state index contributed by atoms with van der Waals surface area (Å²) in [5, 5.41) is 6.09. The zero-order chi connectivity index (χ0) is 14.5. The fourth-order valence-electron chi connectivity index (χ4n) is 2.19. The van der Waals surface area contributed by atoms with Crippen LogP contribution in [0.4, 0.5) is 11.4 Å². The summed E-state index contributed by atoms with van der Waals surface area (Å²) in [6.45, 7) is 4.37. The summed E-state index contributed by atoms with van der Waals surface area (Å²) in [6.07, 6.45) is 2.64. The van der Waals surface area contributed by atoms with E-state index < -0.39 is 0 Å². The molecule has 1 aliphatic carbocycles. The van der Waals surface area contributed by atoms with Crippen LogP contribution in [0, 0.1) is 0 Å². The van der Waals surface area contributed by atoms with Gasteiger partial charge in [0.1, 0.15) is 0 Å². The van der Waals surface area contributed by atoms with Crippen LogP contribution in [0.25, 0.3) is 0 Å². The van der Waals surface area contributed by atoms with Crippen LogP contribution >= 0.6 is 0 Å². The number of amides is 1. The molecule has 2 rings (SSSR count). The minimum atomic E-state index is -0.0841. The molecule has 0 aliphatic heterocycles. The summed E-state index contributed by atoms with van der Waals surface area (Å²) in [5.41, 5.74) is 8.09. The maximum atomic E-state index is 11.7. The van der Waals surface area contributed by atoms with Crippen LogP contribution in [0.3, 0.4) is 0 Å². The van der Waals surface area contributed by atoms with Crippen LogP contribution in [-0.2, 0) is 0 Å². The van der Waals surface area contributed by atoms with Crippen LogP contribution in [0.5, 0.6) is 0 Å². The van der Waals surface area contributed by atoms with Gasteiger partial charge in [-0.05, 0) is 45.0 Å². The number of nitrogen functional groups attached to an aromatic ring is 1. The third-order valence-corrected chi connectivity index (χ3v) is 3.60. The SMILES string of the molecule is CCNC(=O)c1ccc(NCCN(C)C2CC2)c(N)c1. The van der Waals surface area contributed by atoms with Crippen molar-refractivity contribution in [3.8, 4) is 0 Å². The van der Waals surface area contributed by atoms with Crippen LogP contribution in [0.1, 0.15) is 30.1 Å². The largest absolute Gasteiger partial charge is 0.397 e. The van der Waals surface area contributed by atoms with Crippen molar-refractivity contribution >= 4 is 17.3 Å². The molecule has 1 aromatic carbocycles. The number of hydrogen-bond donors (Lipinski definition) is 3. The Morgan fingerprint density at radius 2 is 2.20 bits per heavy atom. The Morgan fingerprint density at radius 1 is 1.45 bits per heavy atom. The van der Waals surface area contributed by atoms with E-state index in [-0.39, 0.29) is 5.91 Å². The van der Waals surface area contributed by atoms with E-state index in [9.17, 15) is 4.79 Å². The fourth-order valence-corrected chi connectivity index (χ4v) is 2.19. The van der Waals surface area contributed by atoms with Gasteiger partial charge >= 0.3 is 0 Å². The van der Waals surface area contributed by atoms with E-state index >= 15 is 0 Å². The zero-order valence-electron chi connectivity index (χ0n) is 12.3. The smallest absolute Gasteiger partial charge is 0.251 e. The van der Waals surface area contributed by atoms with Crippen LogP contribution in [-0.4, -0.2) is 43.5 Å². The molecule has 0 aromatic heterocycles. The Kier molecular flexibility index (Phi) is 4.84. The lowest BCUT2D eigenvalue weighted by Crippen LogP contribution is -2.27. The molecule has 5 nitrogen and oxygen atoms in total. The quantitative estimate of drug-likeness (QED) is 0.660. The molecule has 1 amide bonds. The first-order valence-corrected chi connectivity index (χ1v) is 7.23. The van der Waals surface area contributed by atoms with Gasteiger partial charge < -0.3 is 21.3 Å². The number of nitrogens with two attached hydrogens (primary N) is 1. The number of likely N-dealkylation sites (N-methyl/N-ethyl adjacent to an activating group) is 1. The number of carbonyl (C=O) groups excluding carboxylic acids is 1. The summed E-state index contributed by atoms with van der Waals surface area (Å²) < 4.78 is 0. The maximum absolute atomic E-state index is 11.7. The molecule has 5 heteroatoms. The molecule has 1 saturated carbocycles. The second-order valence-corrected chi connectivity index (χ2v) is 5.30. The van der Waals surface area contributed by atoms with Crippen molar-refractivity contribution < 1.29 is 4.79 Å². The lowest BCUT2D eigenvalue weighted by molar-refractivity contribution is 0.0956. The van der Waals surface area contributed by atoms with Crippen molar-refractivity contribution in [1.82, 2.24) is 10.2 Å². The molecular formula is C15H24N4O. The summed E-state index contributed by atoms with van der Waals surface area (Å²) in [7, 11) is 2.15. The van der Waals surface area contributed by atoms with E-state index in [4.69, 9.17) is 5.73 Å². The van der Waals surface area contributed by atoms with Crippen LogP contribution in [0.15, 0.2) is 18.2 Å². The third kappa shape index (κ3) is 3.87.